The number of benzene rings is 1. The number of carbonyl (C=O) groups is 1. The normalized spacial score (nSPS) is 21.0. The Morgan fingerprint density at radius 3 is 2.32 bits per heavy atom. The van der Waals surface area contributed by atoms with Gasteiger partial charge in [0.25, 0.3) is 0 Å². The smallest absolute Gasteiger partial charge is 0.233 e. The van der Waals surface area contributed by atoms with Crippen molar-refractivity contribution in [1.29, 1.82) is 0 Å². The summed E-state index contributed by atoms with van der Waals surface area (Å²) in [6.45, 7) is 8.78. The molecule has 0 radical (unpaired) electrons. The molecule has 1 amide bonds. The van der Waals surface area contributed by atoms with Crippen LogP contribution in [0.25, 0.3) is 33.6 Å². The summed E-state index contributed by atoms with van der Waals surface area (Å²) in [5.41, 5.74) is 4.35. The van der Waals surface area contributed by atoms with E-state index in [4.69, 9.17) is 9.15 Å². The Balaban J connectivity index is 1.29. The number of rotatable bonds is 5. The van der Waals surface area contributed by atoms with E-state index in [0.717, 1.165) is 46.4 Å². The Morgan fingerprint density at radius 2 is 1.66 bits per heavy atom. The van der Waals surface area contributed by atoms with Gasteiger partial charge in [0, 0.05) is 42.7 Å². The number of nitrogens with zero attached hydrogens (tertiary/aromatic N) is 3. The van der Waals surface area contributed by atoms with E-state index in [-0.39, 0.29) is 18.1 Å². The summed E-state index contributed by atoms with van der Waals surface area (Å²) in [7, 11) is 0. The monoisotopic (exact) mass is 511 g/mol. The first-order valence-corrected chi connectivity index (χ1v) is 13.3. The van der Waals surface area contributed by atoms with Crippen molar-refractivity contribution in [2.45, 2.75) is 63.8 Å². The highest BCUT2D eigenvalue weighted by atomic mass is 16.5. The first-order chi connectivity index (χ1) is 18.1. The van der Waals surface area contributed by atoms with E-state index < -0.39 is 11.0 Å². The van der Waals surface area contributed by atoms with Crippen molar-refractivity contribution in [2.75, 3.05) is 13.1 Å². The van der Waals surface area contributed by atoms with Gasteiger partial charge in [-0.25, -0.2) is 0 Å². The molecule has 0 unspecified atom stereocenters. The Labute approximate surface area is 222 Å². The van der Waals surface area contributed by atoms with Crippen LogP contribution in [-0.2, 0) is 20.5 Å². The number of aromatic nitrogens is 2. The van der Waals surface area contributed by atoms with E-state index in [2.05, 4.69) is 22.1 Å². The fourth-order valence-electron chi connectivity index (χ4n) is 5.59. The second-order valence-corrected chi connectivity index (χ2v) is 11.3. The second-order valence-electron chi connectivity index (χ2n) is 11.3. The number of furan rings is 1. The second kappa shape index (κ2) is 9.03. The van der Waals surface area contributed by atoms with Gasteiger partial charge in [0.1, 0.15) is 16.9 Å². The van der Waals surface area contributed by atoms with Crippen molar-refractivity contribution in [3.05, 3.63) is 72.2 Å². The van der Waals surface area contributed by atoms with Gasteiger partial charge < -0.3 is 19.2 Å². The zero-order chi connectivity index (χ0) is 26.7. The largest absolute Gasteiger partial charge is 0.454 e. The molecule has 1 N–H and O–H groups in total. The SMILES string of the molecule is C[C@@H]1CN(C(=O)C2(c3ccc(-c4cc5nccc(-c6ccnc(C(C)(C)O)c6)c5o4)cc3)CC2)C[C@H](C)O1. The van der Waals surface area contributed by atoms with Crippen LogP contribution in [0.15, 0.2) is 65.3 Å². The maximum Gasteiger partial charge on any atom is 0.233 e. The number of pyridine rings is 2. The summed E-state index contributed by atoms with van der Waals surface area (Å²) < 4.78 is 12.2. The summed E-state index contributed by atoms with van der Waals surface area (Å²) in [5, 5.41) is 10.4. The van der Waals surface area contributed by atoms with E-state index in [0.29, 0.717) is 24.4 Å². The minimum atomic E-state index is -1.04. The molecule has 2 aliphatic rings. The molecule has 1 aromatic carbocycles. The van der Waals surface area contributed by atoms with Gasteiger partial charge in [-0.05, 0) is 69.9 Å². The number of hydrogen-bond donors (Lipinski definition) is 1. The molecule has 38 heavy (non-hydrogen) atoms. The fourth-order valence-corrected chi connectivity index (χ4v) is 5.59. The zero-order valence-electron chi connectivity index (χ0n) is 22.3. The maximum atomic E-state index is 13.5. The first-order valence-electron chi connectivity index (χ1n) is 13.3. The van der Waals surface area contributed by atoms with Gasteiger partial charge in [0.05, 0.1) is 23.3 Å². The van der Waals surface area contributed by atoms with Crippen molar-refractivity contribution < 1.29 is 19.1 Å². The predicted molar refractivity (Wildman–Crippen MR) is 145 cm³/mol. The number of fused-ring (bicyclic) bond motifs is 1. The van der Waals surface area contributed by atoms with E-state index >= 15 is 0 Å². The fraction of sp³-hybridized carbons (Fsp3) is 0.387. The molecule has 0 spiro atoms. The van der Waals surface area contributed by atoms with Crippen LogP contribution >= 0.6 is 0 Å². The highest BCUT2D eigenvalue weighted by Crippen LogP contribution is 2.50. The molecule has 196 valence electrons. The van der Waals surface area contributed by atoms with E-state index in [9.17, 15) is 9.90 Å². The molecule has 1 aliphatic carbocycles. The number of hydrogen-bond acceptors (Lipinski definition) is 6. The van der Waals surface area contributed by atoms with Crippen LogP contribution in [0.4, 0.5) is 0 Å². The molecule has 7 nitrogen and oxygen atoms in total. The van der Waals surface area contributed by atoms with Crippen LogP contribution in [0.2, 0.25) is 0 Å². The highest BCUT2D eigenvalue weighted by molar-refractivity contribution is 5.93. The minimum absolute atomic E-state index is 0.0568. The first kappa shape index (κ1) is 24.8. The van der Waals surface area contributed by atoms with Gasteiger partial charge in [0.15, 0.2) is 5.58 Å². The molecule has 1 saturated carbocycles. The number of morpholine rings is 1. The average molecular weight is 512 g/mol. The van der Waals surface area contributed by atoms with Gasteiger partial charge in [-0.1, -0.05) is 24.3 Å². The average Bonchev–Trinajstić information content (AvgIpc) is 3.58. The lowest BCUT2D eigenvalue weighted by molar-refractivity contribution is -0.145. The number of ether oxygens (including phenoxy) is 1. The van der Waals surface area contributed by atoms with Crippen LogP contribution in [0.1, 0.15) is 51.8 Å². The number of aliphatic hydroxyl groups is 1. The molecule has 4 aromatic rings. The summed E-state index contributed by atoms with van der Waals surface area (Å²) in [6, 6.07) is 15.8. The van der Waals surface area contributed by atoms with Crippen molar-refractivity contribution in [3.63, 3.8) is 0 Å². The van der Waals surface area contributed by atoms with Crippen LogP contribution in [0.5, 0.6) is 0 Å². The lowest BCUT2D eigenvalue weighted by Crippen LogP contribution is -2.51. The molecular weight excluding hydrogens is 478 g/mol. The number of carbonyl (C=O) groups excluding carboxylic acids is 1. The summed E-state index contributed by atoms with van der Waals surface area (Å²) >= 11 is 0. The molecule has 6 rings (SSSR count). The molecule has 7 heteroatoms. The van der Waals surface area contributed by atoms with Crippen molar-refractivity contribution in [2.24, 2.45) is 0 Å². The van der Waals surface area contributed by atoms with Gasteiger partial charge in [-0.2, -0.15) is 0 Å². The van der Waals surface area contributed by atoms with Crippen LogP contribution in [0, 0.1) is 0 Å². The topological polar surface area (TPSA) is 88.7 Å². The van der Waals surface area contributed by atoms with Gasteiger partial charge >= 0.3 is 0 Å². The molecule has 4 heterocycles. The van der Waals surface area contributed by atoms with Crippen molar-refractivity contribution in [3.8, 4) is 22.5 Å². The molecule has 2 fully saturated rings. The van der Waals surface area contributed by atoms with Gasteiger partial charge in [-0.3, -0.25) is 14.8 Å². The zero-order valence-corrected chi connectivity index (χ0v) is 22.3. The van der Waals surface area contributed by atoms with Gasteiger partial charge in [0.2, 0.25) is 5.91 Å². The molecular formula is C31H33N3O4. The summed E-state index contributed by atoms with van der Waals surface area (Å²) in [4.78, 5) is 24.4. The third kappa shape index (κ3) is 4.40. The van der Waals surface area contributed by atoms with Gasteiger partial charge in [-0.15, -0.1) is 0 Å². The Morgan fingerprint density at radius 1 is 0.974 bits per heavy atom. The Kier molecular flexibility index (Phi) is 5.89. The molecule has 0 bridgehead atoms. The minimum Gasteiger partial charge on any atom is -0.454 e. The van der Waals surface area contributed by atoms with Crippen molar-refractivity contribution in [1.82, 2.24) is 14.9 Å². The third-order valence-corrected chi connectivity index (χ3v) is 7.70. The van der Waals surface area contributed by atoms with Crippen LogP contribution < -0.4 is 0 Å². The van der Waals surface area contributed by atoms with Crippen molar-refractivity contribution >= 4 is 17.0 Å². The maximum absolute atomic E-state index is 13.5. The lowest BCUT2D eigenvalue weighted by atomic mass is 9.92. The number of amides is 1. The summed E-state index contributed by atoms with van der Waals surface area (Å²) in [6.07, 6.45) is 5.33. The highest BCUT2D eigenvalue weighted by Gasteiger charge is 2.53. The molecule has 2 atom stereocenters. The molecule has 1 saturated heterocycles. The quantitative estimate of drug-likeness (QED) is 0.383. The molecule has 1 aliphatic heterocycles. The Bertz CT molecular complexity index is 1490. The molecule has 3 aromatic heterocycles. The van der Waals surface area contributed by atoms with E-state index in [1.807, 2.05) is 55.1 Å². The van der Waals surface area contributed by atoms with E-state index in [1.54, 1.807) is 26.2 Å². The summed E-state index contributed by atoms with van der Waals surface area (Å²) in [5.74, 6) is 0.933. The standard InChI is InChI=1S/C31H33N3O4/c1-19-17-34(18-20(2)37-19)29(35)31(11-12-31)23-7-5-21(6-8-23)26-16-25-28(38-26)24(10-14-32-25)22-9-13-33-27(15-22)30(3,4)36/h5-10,13-16,19-20,36H,11-12,17-18H2,1-4H3/t19-,20+. The lowest BCUT2D eigenvalue weighted by Gasteiger charge is -2.37. The van der Waals surface area contributed by atoms with Crippen LogP contribution in [-0.4, -0.2) is 51.2 Å². The van der Waals surface area contributed by atoms with E-state index in [1.165, 1.54) is 0 Å². The third-order valence-electron chi connectivity index (χ3n) is 7.70. The van der Waals surface area contributed by atoms with Crippen LogP contribution in [0.3, 0.4) is 0 Å². The Hall–Kier alpha value is -3.55. The predicted octanol–water partition coefficient (Wildman–Crippen LogP) is 5.45.